The highest BCUT2D eigenvalue weighted by Gasteiger charge is 2.47. The van der Waals surface area contributed by atoms with Gasteiger partial charge >= 0.3 is 0 Å². The molecular weight excluding hydrogens is 212 g/mol. The topological polar surface area (TPSA) is 23.6 Å². The number of hydrogen-bond donors (Lipinski definition) is 0. The monoisotopic (exact) mass is 236 g/mol. The zero-order valence-electron chi connectivity index (χ0n) is 11.0. The molecule has 3 nitrogen and oxygen atoms in total. The maximum Gasteiger partial charge on any atom is 0.228 e. The summed E-state index contributed by atoms with van der Waals surface area (Å²) < 4.78 is 0. The zero-order chi connectivity index (χ0) is 11.9. The van der Waals surface area contributed by atoms with Crippen LogP contribution in [0.5, 0.6) is 0 Å². The van der Waals surface area contributed by atoms with E-state index in [1.165, 1.54) is 19.4 Å². The third-order valence-corrected chi connectivity index (χ3v) is 5.01. The second-order valence-electron chi connectivity index (χ2n) is 6.16. The lowest BCUT2D eigenvalue weighted by molar-refractivity contribution is -0.138. The summed E-state index contributed by atoms with van der Waals surface area (Å²) in [6.45, 7) is 7.59. The van der Waals surface area contributed by atoms with Crippen LogP contribution in [0.4, 0.5) is 0 Å². The number of nitrogens with zero attached hydrogens (tertiary/aromatic N) is 2. The van der Waals surface area contributed by atoms with E-state index in [1.54, 1.807) is 0 Å². The number of carbonyl (C=O) groups excluding carboxylic acids is 1. The second kappa shape index (κ2) is 4.27. The van der Waals surface area contributed by atoms with Gasteiger partial charge in [-0.1, -0.05) is 0 Å². The van der Waals surface area contributed by atoms with E-state index in [9.17, 15) is 4.79 Å². The molecule has 0 aromatic heterocycles. The first-order valence-electron chi connectivity index (χ1n) is 7.25. The van der Waals surface area contributed by atoms with Crippen molar-refractivity contribution in [2.45, 2.75) is 39.0 Å². The van der Waals surface area contributed by atoms with Crippen molar-refractivity contribution in [3.8, 4) is 0 Å². The van der Waals surface area contributed by atoms with Crippen LogP contribution in [0.15, 0.2) is 0 Å². The molecule has 3 rings (SSSR count). The molecular formula is C14H24N2O. The molecule has 0 bridgehead atoms. The fourth-order valence-electron chi connectivity index (χ4n) is 3.49. The molecule has 2 saturated heterocycles. The number of rotatable bonds is 3. The fraction of sp³-hybridized carbons (Fsp3) is 0.929. The quantitative estimate of drug-likeness (QED) is 0.745. The van der Waals surface area contributed by atoms with Crippen molar-refractivity contribution in [3.63, 3.8) is 0 Å². The normalized spacial score (nSPS) is 29.2. The number of amides is 1. The van der Waals surface area contributed by atoms with Gasteiger partial charge in [0.1, 0.15) is 0 Å². The van der Waals surface area contributed by atoms with E-state index in [1.807, 2.05) is 0 Å². The van der Waals surface area contributed by atoms with Crippen molar-refractivity contribution in [1.29, 1.82) is 0 Å². The van der Waals surface area contributed by atoms with E-state index in [0.29, 0.717) is 5.91 Å². The van der Waals surface area contributed by atoms with Crippen molar-refractivity contribution in [3.05, 3.63) is 0 Å². The average Bonchev–Trinajstić information content (AvgIpc) is 3.11. The van der Waals surface area contributed by atoms with Crippen LogP contribution < -0.4 is 0 Å². The van der Waals surface area contributed by atoms with Gasteiger partial charge in [0, 0.05) is 19.6 Å². The van der Waals surface area contributed by atoms with Crippen LogP contribution in [-0.2, 0) is 4.79 Å². The van der Waals surface area contributed by atoms with Crippen LogP contribution >= 0.6 is 0 Å². The molecule has 1 saturated carbocycles. The summed E-state index contributed by atoms with van der Waals surface area (Å²) in [7, 11) is 0. The van der Waals surface area contributed by atoms with Crippen molar-refractivity contribution in [2.75, 3.05) is 32.7 Å². The molecule has 0 radical (unpaired) electrons. The summed E-state index contributed by atoms with van der Waals surface area (Å²) in [5, 5.41) is 0. The molecule has 0 N–H and O–H groups in total. The summed E-state index contributed by atoms with van der Waals surface area (Å²) in [6, 6.07) is 0. The Balaban J connectivity index is 1.58. The van der Waals surface area contributed by atoms with E-state index in [-0.39, 0.29) is 5.41 Å². The lowest BCUT2D eigenvalue weighted by Gasteiger charge is -2.38. The zero-order valence-corrected chi connectivity index (χ0v) is 11.0. The molecule has 0 unspecified atom stereocenters. The van der Waals surface area contributed by atoms with Gasteiger partial charge in [0.25, 0.3) is 0 Å². The van der Waals surface area contributed by atoms with E-state index in [0.717, 1.165) is 51.4 Å². The van der Waals surface area contributed by atoms with Gasteiger partial charge in [0.05, 0.1) is 5.41 Å². The molecule has 2 aliphatic heterocycles. The second-order valence-corrected chi connectivity index (χ2v) is 6.16. The van der Waals surface area contributed by atoms with Gasteiger partial charge in [0.2, 0.25) is 5.91 Å². The maximum atomic E-state index is 12.4. The molecule has 0 atom stereocenters. The lowest BCUT2D eigenvalue weighted by atomic mass is 9.77. The first-order valence-corrected chi connectivity index (χ1v) is 7.25. The lowest BCUT2D eigenvalue weighted by Crippen LogP contribution is -2.45. The van der Waals surface area contributed by atoms with Gasteiger partial charge < -0.3 is 9.80 Å². The van der Waals surface area contributed by atoms with Crippen molar-refractivity contribution in [2.24, 2.45) is 11.3 Å². The Labute approximate surface area is 104 Å². The average molecular weight is 236 g/mol. The molecule has 96 valence electrons. The molecule has 1 amide bonds. The Morgan fingerprint density at radius 2 is 1.82 bits per heavy atom. The van der Waals surface area contributed by atoms with E-state index < -0.39 is 0 Å². The highest BCUT2D eigenvalue weighted by molar-refractivity contribution is 5.85. The molecule has 0 aromatic carbocycles. The fourth-order valence-corrected chi connectivity index (χ4v) is 3.49. The van der Waals surface area contributed by atoms with Crippen molar-refractivity contribution in [1.82, 2.24) is 9.80 Å². The van der Waals surface area contributed by atoms with Gasteiger partial charge in [-0.25, -0.2) is 0 Å². The third kappa shape index (κ3) is 2.10. The van der Waals surface area contributed by atoms with Gasteiger partial charge in [-0.05, 0) is 58.0 Å². The Morgan fingerprint density at radius 1 is 1.18 bits per heavy atom. The predicted octanol–water partition coefficient (Wildman–Crippen LogP) is 1.73. The number of hydrogen-bond acceptors (Lipinski definition) is 2. The first-order chi connectivity index (χ1) is 8.23. The van der Waals surface area contributed by atoms with Crippen LogP contribution in [-0.4, -0.2) is 48.4 Å². The van der Waals surface area contributed by atoms with Crippen molar-refractivity contribution >= 4 is 5.91 Å². The van der Waals surface area contributed by atoms with Crippen LogP contribution in [0.1, 0.15) is 39.0 Å². The van der Waals surface area contributed by atoms with Crippen molar-refractivity contribution < 1.29 is 4.79 Å². The van der Waals surface area contributed by atoms with Gasteiger partial charge in [0.15, 0.2) is 0 Å². The Hall–Kier alpha value is -0.570. The minimum Gasteiger partial charge on any atom is -0.342 e. The Bertz CT molecular complexity index is 303. The molecule has 1 aliphatic carbocycles. The molecule has 3 heteroatoms. The summed E-state index contributed by atoms with van der Waals surface area (Å²) in [4.78, 5) is 17.0. The summed E-state index contributed by atoms with van der Waals surface area (Å²) in [5.74, 6) is 1.43. The van der Waals surface area contributed by atoms with E-state index in [4.69, 9.17) is 0 Å². The van der Waals surface area contributed by atoms with Gasteiger partial charge in [-0.3, -0.25) is 4.79 Å². The first kappa shape index (κ1) is 11.5. The number of piperidine rings is 1. The molecule has 17 heavy (non-hydrogen) atoms. The predicted molar refractivity (Wildman–Crippen MR) is 67.7 cm³/mol. The highest BCUT2D eigenvalue weighted by atomic mass is 16.2. The third-order valence-electron chi connectivity index (χ3n) is 5.01. The summed E-state index contributed by atoms with van der Waals surface area (Å²) in [5.41, 5.74) is 0.0378. The molecule has 2 heterocycles. The molecule has 1 spiro atoms. The Morgan fingerprint density at radius 3 is 2.35 bits per heavy atom. The SMILES string of the molecule is CCN1CCC2(CCN(CC3CC3)CC2)C1=O. The van der Waals surface area contributed by atoms with Gasteiger partial charge in [-0.2, -0.15) is 0 Å². The summed E-state index contributed by atoms with van der Waals surface area (Å²) >= 11 is 0. The summed E-state index contributed by atoms with van der Waals surface area (Å²) in [6.07, 6.45) is 6.19. The van der Waals surface area contributed by atoms with E-state index >= 15 is 0 Å². The van der Waals surface area contributed by atoms with Crippen LogP contribution in [0, 0.1) is 11.3 Å². The molecule has 0 aromatic rings. The number of carbonyl (C=O) groups is 1. The minimum absolute atomic E-state index is 0.0378. The van der Waals surface area contributed by atoms with Crippen LogP contribution in [0.3, 0.4) is 0 Å². The van der Waals surface area contributed by atoms with Crippen LogP contribution in [0.2, 0.25) is 0 Å². The smallest absolute Gasteiger partial charge is 0.228 e. The van der Waals surface area contributed by atoms with E-state index in [2.05, 4.69) is 16.7 Å². The molecule has 3 fully saturated rings. The standard InChI is InChI=1S/C14H24N2O/c1-2-16-10-7-14(13(16)17)5-8-15(9-6-14)11-12-3-4-12/h12H,2-11H2,1H3. The largest absolute Gasteiger partial charge is 0.342 e. The Kier molecular flexibility index (Phi) is 2.89. The van der Waals surface area contributed by atoms with Crippen LogP contribution in [0.25, 0.3) is 0 Å². The maximum absolute atomic E-state index is 12.4. The van der Waals surface area contributed by atoms with Gasteiger partial charge in [-0.15, -0.1) is 0 Å². The number of likely N-dealkylation sites (tertiary alicyclic amines) is 2. The minimum atomic E-state index is 0.0378. The highest BCUT2D eigenvalue weighted by Crippen LogP contribution is 2.42. The molecule has 3 aliphatic rings.